The summed E-state index contributed by atoms with van der Waals surface area (Å²) in [5.41, 5.74) is 0.452. The number of esters is 1. The second kappa shape index (κ2) is 13.5. The largest absolute Gasteiger partial charge is 0.461 e. The number of aliphatic hydroxyl groups excluding tert-OH is 1. The first kappa shape index (κ1) is 33.8. The van der Waals surface area contributed by atoms with Gasteiger partial charge >= 0.3 is 5.97 Å². The topological polar surface area (TPSA) is 84.9 Å². The summed E-state index contributed by atoms with van der Waals surface area (Å²) in [4.78, 5) is 25.7. The van der Waals surface area contributed by atoms with E-state index in [4.69, 9.17) is 9.16 Å². The van der Waals surface area contributed by atoms with Crippen molar-refractivity contribution in [1.82, 2.24) is 5.32 Å². The smallest absolute Gasteiger partial charge is 0.311 e. The zero-order valence-corrected chi connectivity index (χ0v) is 27.6. The summed E-state index contributed by atoms with van der Waals surface area (Å²) in [7, 11) is -1.91. The third-order valence-corrected chi connectivity index (χ3v) is 9.15. The third kappa shape index (κ3) is 10.8. The van der Waals surface area contributed by atoms with Crippen LogP contribution in [0.25, 0.3) is 0 Å². The van der Waals surface area contributed by atoms with E-state index in [1.807, 2.05) is 41.5 Å². The molecule has 6 nitrogen and oxygen atoms in total. The second-order valence-corrected chi connectivity index (χ2v) is 19.3. The molecule has 39 heavy (non-hydrogen) atoms. The molecule has 1 amide bonds. The zero-order valence-electron chi connectivity index (χ0n) is 26.6. The number of rotatable bonds is 12. The minimum absolute atomic E-state index is 0.0465. The van der Waals surface area contributed by atoms with Crippen LogP contribution in [0, 0.1) is 29.1 Å². The molecule has 2 N–H and O–H groups in total. The van der Waals surface area contributed by atoms with E-state index in [1.54, 1.807) is 0 Å². The third-order valence-electron chi connectivity index (χ3n) is 8.11. The van der Waals surface area contributed by atoms with Gasteiger partial charge in [0.25, 0.3) is 0 Å². The van der Waals surface area contributed by atoms with E-state index >= 15 is 0 Å². The van der Waals surface area contributed by atoms with Crippen molar-refractivity contribution in [2.75, 3.05) is 0 Å². The van der Waals surface area contributed by atoms with Crippen LogP contribution >= 0.6 is 0 Å². The Bertz CT molecular complexity index is 897. The van der Waals surface area contributed by atoms with Gasteiger partial charge in [0.2, 0.25) is 5.91 Å². The fraction of sp³-hybridized carbons (Fsp3) is 0.812. The molecule has 2 aliphatic carbocycles. The first-order valence-corrected chi connectivity index (χ1v) is 18.5. The Morgan fingerprint density at radius 3 is 2.36 bits per heavy atom. The lowest BCUT2D eigenvalue weighted by Crippen LogP contribution is -2.44. The molecule has 0 aromatic heterocycles. The highest BCUT2D eigenvalue weighted by atomic mass is 28.4. The molecule has 0 aromatic carbocycles. The Labute approximate surface area is 239 Å². The summed E-state index contributed by atoms with van der Waals surface area (Å²) >= 11 is 0. The molecule has 7 atom stereocenters. The predicted molar refractivity (Wildman–Crippen MR) is 162 cm³/mol. The molecular weight excluding hydrogens is 506 g/mol. The van der Waals surface area contributed by atoms with Crippen molar-refractivity contribution in [3.05, 3.63) is 23.8 Å². The number of amides is 1. The maximum Gasteiger partial charge on any atom is 0.311 e. The SMILES string of the molecule is CCC(C)(C)C(=O)OC1CC(C)C=C2C=CC(C)C(CCC(O)CC(CC(=O)NC(C)(C)C)O[Si](C)(C)C)C21. The van der Waals surface area contributed by atoms with E-state index in [-0.39, 0.29) is 47.9 Å². The lowest BCUT2D eigenvalue weighted by Gasteiger charge is -2.44. The van der Waals surface area contributed by atoms with E-state index in [2.05, 4.69) is 57.0 Å². The molecular formula is C32H57NO5Si. The molecule has 7 unspecified atom stereocenters. The molecule has 0 aliphatic heterocycles. The van der Waals surface area contributed by atoms with Gasteiger partial charge in [0.05, 0.1) is 24.0 Å². The molecule has 224 valence electrons. The summed E-state index contributed by atoms with van der Waals surface area (Å²) in [6.45, 7) is 22.6. The van der Waals surface area contributed by atoms with Crippen LogP contribution in [0.4, 0.5) is 0 Å². The van der Waals surface area contributed by atoms with Crippen LogP contribution in [-0.2, 0) is 18.8 Å². The first-order chi connectivity index (χ1) is 17.8. The maximum atomic E-state index is 13.1. The summed E-state index contributed by atoms with van der Waals surface area (Å²) in [5.74, 6) is 0.906. The van der Waals surface area contributed by atoms with E-state index in [0.29, 0.717) is 24.7 Å². The zero-order chi connectivity index (χ0) is 29.8. The van der Waals surface area contributed by atoms with Crippen LogP contribution in [0.2, 0.25) is 19.6 Å². The number of hydrogen-bond acceptors (Lipinski definition) is 5. The Hall–Kier alpha value is -1.44. The van der Waals surface area contributed by atoms with Crippen molar-refractivity contribution in [2.24, 2.45) is 29.1 Å². The van der Waals surface area contributed by atoms with Crippen LogP contribution in [0.15, 0.2) is 23.8 Å². The fourth-order valence-corrected chi connectivity index (χ4v) is 7.00. The van der Waals surface area contributed by atoms with Crippen molar-refractivity contribution in [3.63, 3.8) is 0 Å². The fourth-order valence-electron chi connectivity index (χ4n) is 5.82. The van der Waals surface area contributed by atoms with Gasteiger partial charge in [-0.25, -0.2) is 0 Å². The number of fused-ring (bicyclic) bond motifs is 1. The van der Waals surface area contributed by atoms with Crippen molar-refractivity contribution in [2.45, 2.75) is 137 Å². The molecule has 2 rings (SSSR count). The Morgan fingerprint density at radius 2 is 1.79 bits per heavy atom. The van der Waals surface area contributed by atoms with Crippen molar-refractivity contribution < 1.29 is 23.9 Å². The number of aliphatic hydroxyl groups is 1. The lowest BCUT2D eigenvalue weighted by molar-refractivity contribution is -0.164. The molecule has 0 aromatic rings. The molecule has 0 radical (unpaired) electrons. The van der Waals surface area contributed by atoms with Gasteiger partial charge in [-0.05, 0) is 110 Å². The van der Waals surface area contributed by atoms with E-state index in [9.17, 15) is 14.7 Å². The van der Waals surface area contributed by atoms with Crippen LogP contribution in [0.3, 0.4) is 0 Å². The number of carbonyl (C=O) groups is 2. The lowest BCUT2D eigenvalue weighted by atomic mass is 9.65. The Balaban J connectivity index is 2.14. The van der Waals surface area contributed by atoms with Crippen molar-refractivity contribution >= 4 is 20.2 Å². The first-order valence-electron chi connectivity index (χ1n) is 15.1. The highest BCUT2D eigenvalue weighted by Gasteiger charge is 2.43. The van der Waals surface area contributed by atoms with Crippen LogP contribution in [-0.4, -0.2) is 49.2 Å². The van der Waals surface area contributed by atoms with Gasteiger partial charge in [-0.3, -0.25) is 9.59 Å². The molecule has 2 aliphatic rings. The quantitative estimate of drug-likeness (QED) is 0.202. The van der Waals surface area contributed by atoms with E-state index < -0.39 is 19.8 Å². The molecule has 0 spiro atoms. The van der Waals surface area contributed by atoms with Crippen LogP contribution < -0.4 is 5.32 Å². The second-order valence-electron chi connectivity index (χ2n) is 14.8. The number of nitrogens with one attached hydrogen (secondary N) is 1. The minimum atomic E-state index is -1.91. The van der Waals surface area contributed by atoms with Gasteiger partial charge in [0.1, 0.15) is 6.10 Å². The van der Waals surface area contributed by atoms with Gasteiger partial charge in [-0.2, -0.15) is 0 Å². The number of hydrogen-bond donors (Lipinski definition) is 2. The van der Waals surface area contributed by atoms with Crippen LogP contribution in [0.5, 0.6) is 0 Å². The number of allylic oxidation sites excluding steroid dienone is 3. The molecule has 0 bridgehead atoms. The van der Waals surface area contributed by atoms with Crippen LogP contribution in [0.1, 0.15) is 93.9 Å². The highest BCUT2D eigenvalue weighted by Crippen LogP contribution is 2.45. The van der Waals surface area contributed by atoms with E-state index in [1.165, 1.54) is 5.57 Å². The number of carbonyl (C=O) groups excluding carboxylic acids is 2. The Kier molecular flexibility index (Phi) is 11.7. The molecule has 0 heterocycles. The van der Waals surface area contributed by atoms with Gasteiger partial charge in [0, 0.05) is 11.5 Å². The number of ether oxygens (including phenoxy) is 1. The highest BCUT2D eigenvalue weighted by molar-refractivity contribution is 6.69. The molecule has 0 saturated heterocycles. The average Bonchev–Trinajstić information content (AvgIpc) is 2.75. The minimum Gasteiger partial charge on any atom is -0.461 e. The van der Waals surface area contributed by atoms with Gasteiger partial charge < -0.3 is 19.6 Å². The normalized spacial score (nSPS) is 27.3. The maximum absolute atomic E-state index is 13.1. The summed E-state index contributed by atoms with van der Waals surface area (Å²) in [6.07, 6.45) is 9.47. The van der Waals surface area contributed by atoms with Gasteiger partial charge in [0.15, 0.2) is 8.32 Å². The summed E-state index contributed by atoms with van der Waals surface area (Å²) in [5, 5.41) is 14.2. The van der Waals surface area contributed by atoms with Gasteiger partial charge in [-0.1, -0.05) is 39.0 Å². The van der Waals surface area contributed by atoms with Gasteiger partial charge in [-0.15, -0.1) is 0 Å². The summed E-state index contributed by atoms with van der Waals surface area (Å²) in [6, 6.07) is 0. The average molecular weight is 564 g/mol. The Morgan fingerprint density at radius 1 is 1.15 bits per heavy atom. The van der Waals surface area contributed by atoms with E-state index in [0.717, 1.165) is 19.3 Å². The predicted octanol–water partition coefficient (Wildman–Crippen LogP) is 6.80. The van der Waals surface area contributed by atoms with Crippen molar-refractivity contribution in [1.29, 1.82) is 0 Å². The summed E-state index contributed by atoms with van der Waals surface area (Å²) < 4.78 is 12.6. The van der Waals surface area contributed by atoms with Crippen molar-refractivity contribution in [3.8, 4) is 0 Å². The molecule has 7 heteroatoms. The molecule has 0 fully saturated rings. The monoisotopic (exact) mass is 563 g/mol. The standard InChI is InChI=1S/C32H57NO5Si/c1-12-32(7,8)30(36)37-27-18-21(2)17-23-14-13-22(3)26(29(23)27)16-15-24(34)19-25(38-39(9,10)11)20-28(35)33-31(4,5)6/h13-14,17,21-22,24-27,29,34H,12,15-16,18-20H2,1-11H3,(H,33,35). The molecule has 0 saturated carbocycles.